The molecule has 0 radical (unpaired) electrons. The van der Waals surface area contributed by atoms with Crippen molar-refractivity contribution >= 4 is 0 Å². The van der Waals surface area contributed by atoms with Gasteiger partial charge in [0.05, 0.1) is 13.7 Å². The lowest BCUT2D eigenvalue weighted by molar-refractivity contribution is 0.316. The van der Waals surface area contributed by atoms with E-state index < -0.39 is 0 Å². The van der Waals surface area contributed by atoms with Gasteiger partial charge in [-0.3, -0.25) is 0 Å². The maximum Gasteiger partial charge on any atom is 0.162 e. The van der Waals surface area contributed by atoms with E-state index in [2.05, 4.69) is 5.32 Å². The molecule has 0 saturated carbocycles. The molecule has 0 saturated heterocycles. The zero-order valence-electron chi connectivity index (χ0n) is 12.4. The van der Waals surface area contributed by atoms with Crippen LogP contribution >= 0.6 is 0 Å². The Labute approximate surface area is 125 Å². The van der Waals surface area contributed by atoms with Crippen molar-refractivity contribution in [2.24, 2.45) is 0 Å². The first-order valence-electron chi connectivity index (χ1n) is 7.02. The van der Waals surface area contributed by atoms with Gasteiger partial charge in [0.25, 0.3) is 0 Å². The highest BCUT2D eigenvalue weighted by molar-refractivity contribution is 5.45. The van der Waals surface area contributed by atoms with Crippen molar-refractivity contribution in [3.8, 4) is 17.2 Å². The maximum absolute atomic E-state index is 10.1. The summed E-state index contributed by atoms with van der Waals surface area (Å²) in [7, 11) is 1.65. The second kappa shape index (κ2) is 7.55. The predicted molar refractivity (Wildman–Crippen MR) is 82.8 cm³/mol. The zero-order valence-corrected chi connectivity index (χ0v) is 12.4. The lowest BCUT2D eigenvalue weighted by atomic mass is 10.1. The molecule has 112 valence electrons. The van der Waals surface area contributed by atoms with Crippen molar-refractivity contribution < 1.29 is 14.6 Å². The van der Waals surface area contributed by atoms with Crippen LogP contribution in [0.25, 0.3) is 0 Å². The molecule has 2 N–H and O–H groups in total. The van der Waals surface area contributed by atoms with E-state index in [1.54, 1.807) is 13.2 Å². The largest absolute Gasteiger partial charge is 0.504 e. The zero-order chi connectivity index (χ0) is 15.1. The second-order valence-electron chi connectivity index (χ2n) is 4.65. The number of phenolic OH excluding ortho intramolecular Hbond substituents is 1. The second-order valence-corrected chi connectivity index (χ2v) is 4.65. The molecule has 4 heteroatoms. The molecule has 2 rings (SSSR count). The third kappa shape index (κ3) is 4.13. The number of benzene rings is 2. The quantitative estimate of drug-likeness (QED) is 0.821. The van der Waals surface area contributed by atoms with Crippen molar-refractivity contribution in [1.29, 1.82) is 0 Å². The number of para-hydroxylation sites is 1. The molecular formula is C17H21NO3. The van der Waals surface area contributed by atoms with E-state index in [4.69, 9.17) is 9.47 Å². The molecule has 0 aliphatic rings. The van der Waals surface area contributed by atoms with Crippen LogP contribution in [0.1, 0.15) is 18.1 Å². The monoisotopic (exact) mass is 287 g/mol. The number of hydrogen-bond donors (Lipinski definition) is 2. The van der Waals surface area contributed by atoms with Gasteiger partial charge in [-0.1, -0.05) is 24.3 Å². The maximum atomic E-state index is 10.1. The Balaban J connectivity index is 1.92. The number of methoxy groups -OCH3 is 1. The Hall–Kier alpha value is -2.20. The number of nitrogens with one attached hydrogen (secondary N) is 1. The number of rotatable bonds is 7. The number of hydrogen-bond acceptors (Lipinski definition) is 4. The van der Waals surface area contributed by atoms with Gasteiger partial charge in [-0.05, 0) is 30.7 Å². The molecule has 0 unspecified atom stereocenters. The van der Waals surface area contributed by atoms with E-state index in [0.29, 0.717) is 18.9 Å². The molecule has 0 aliphatic carbocycles. The average Bonchev–Trinajstić information content (AvgIpc) is 2.52. The first kappa shape index (κ1) is 15.2. The van der Waals surface area contributed by atoms with Crippen molar-refractivity contribution in [3.05, 3.63) is 53.6 Å². The van der Waals surface area contributed by atoms with Crippen molar-refractivity contribution in [3.63, 3.8) is 0 Å². The first-order valence-corrected chi connectivity index (χ1v) is 7.02. The normalized spacial score (nSPS) is 10.4. The molecule has 0 aromatic heterocycles. The predicted octanol–water partition coefficient (Wildman–Crippen LogP) is 3.09. The summed E-state index contributed by atoms with van der Waals surface area (Å²) < 4.78 is 10.5. The summed E-state index contributed by atoms with van der Waals surface area (Å²) in [6, 6.07) is 13.4. The fourth-order valence-electron chi connectivity index (χ4n) is 2.07. The van der Waals surface area contributed by atoms with Crippen LogP contribution in [0, 0.1) is 0 Å². The van der Waals surface area contributed by atoms with Gasteiger partial charge in [0.2, 0.25) is 0 Å². The summed E-state index contributed by atoms with van der Waals surface area (Å²) >= 11 is 0. The Morgan fingerprint density at radius 1 is 1.05 bits per heavy atom. The lowest BCUT2D eigenvalue weighted by Gasteiger charge is -2.11. The van der Waals surface area contributed by atoms with E-state index >= 15 is 0 Å². The Bertz CT molecular complexity index is 567. The lowest BCUT2D eigenvalue weighted by Crippen LogP contribution is -2.12. The Morgan fingerprint density at radius 2 is 1.81 bits per heavy atom. The smallest absolute Gasteiger partial charge is 0.162 e. The third-order valence-corrected chi connectivity index (χ3v) is 3.19. The molecule has 0 spiro atoms. The van der Waals surface area contributed by atoms with Crippen LogP contribution in [0.4, 0.5) is 0 Å². The minimum atomic E-state index is 0.210. The third-order valence-electron chi connectivity index (χ3n) is 3.19. The van der Waals surface area contributed by atoms with Gasteiger partial charge in [-0.25, -0.2) is 0 Å². The van der Waals surface area contributed by atoms with Gasteiger partial charge in [-0.2, -0.15) is 0 Å². The highest BCUT2D eigenvalue weighted by Crippen LogP contribution is 2.29. The van der Waals surface area contributed by atoms with Crippen LogP contribution in [-0.4, -0.2) is 18.8 Å². The molecule has 0 fully saturated rings. The van der Waals surface area contributed by atoms with Gasteiger partial charge in [-0.15, -0.1) is 0 Å². The molecule has 0 atom stereocenters. The molecule has 2 aromatic rings. The van der Waals surface area contributed by atoms with E-state index in [9.17, 15) is 5.11 Å². The highest BCUT2D eigenvalue weighted by atomic mass is 16.5. The molecule has 4 nitrogen and oxygen atoms in total. The molecular weight excluding hydrogens is 266 g/mol. The van der Waals surface area contributed by atoms with Crippen LogP contribution in [0.15, 0.2) is 42.5 Å². The van der Waals surface area contributed by atoms with E-state index in [-0.39, 0.29) is 5.75 Å². The molecule has 0 heterocycles. The Morgan fingerprint density at radius 3 is 2.48 bits per heavy atom. The average molecular weight is 287 g/mol. The van der Waals surface area contributed by atoms with Crippen LogP contribution in [-0.2, 0) is 13.1 Å². The minimum Gasteiger partial charge on any atom is -0.504 e. The van der Waals surface area contributed by atoms with E-state index in [1.165, 1.54) is 0 Å². The summed E-state index contributed by atoms with van der Waals surface area (Å²) in [5.74, 6) is 1.59. The molecule has 21 heavy (non-hydrogen) atoms. The summed E-state index contributed by atoms with van der Waals surface area (Å²) in [6.45, 7) is 3.74. The summed E-state index contributed by atoms with van der Waals surface area (Å²) in [6.07, 6.45) is 0. The van der Waals surface area contributed by atoms with Crippen molar-refractivity contribution in [1.82, 2.24) is 5.32 Å². The highest BCUT2D eigenvalue weighted by Gasteiger charge is 2.07. The number of phenols is 1. The van der Waals surface area contributed by atoms with Crippen LogP contribution in [0.2, 0.25) is 0 Å². The summed E-state index contributed by atoms with van der Waals surface area (Å²) in [5.41, 5.74) is 1.99. The van der Waals surface area contributed by atoms with Crippen LogP contribution in [0.5, 0.6) is 17.2 Å². The number of aromatic hydroxyl groups is 1. The SMILES string of the molecule is CCOc1cccc(CNCc2ccc(OC)cc2)c1O. The topological polar surface area (TPSA) is 50.7 Å². The van der Waals surface area contributed by atoms with Crippen LogP contribution in [0.3, 0.4) is 0 Å². The van der Waals surface area contributed by atoms with Crippen molar-refractivity contribution in [2.75, 3.05) is 13.7 Å². The summed E-state index contributed by atoms with van der Waals surface area (Å²) in [5, 5.41) is 13.4. The first-order chi connectivity index (χ1) is 10.2. The van der Waals surface area contributed by atoms with Gasteiger partial charge in [0, 0.05) is 18.7 Å². The van der Waals surface area contributed by atoms with Gasteiger partial charge in [0.15, 0.2) is 11.5 Å². The molecule has 2 aromatic carbocycles. The fraction of sp³-hybridized carbons (Fsp3) is 0.294. The van der Waals surface area contributed by atoms with Gasteiger partial charge < -0.3 is 19.9 Å². The number of ether oxygens (including phenoxy) is 2. The van der Waals surface area contributed by atoms with Crippen molar-refractivity contribution in [2.45, 2.75) is 20.0 Å². The summed E-state index contributed by atoms with van der Waals surface area (Å²) in [4.78, 5) is 0. The standard InChI is InChI=1S/C17H21NO3/c1-3-21-16-6-4-5-14(17(16)19)12-18-11-13-7-9-15(20-2)10-8-13/h4-10,18-19H,3,11-12H2,1-2H3. The van der Waals surface area contributed by atoms with Crippen LogP contribution < -0.4 is 14.8 Å². The molecule has 0 bridgehead atoms. The fourth-order valence-corrected chi connectivity index (χ4v) is 2.07. The van der Waals surface area contributed by atoms with Gasteiger partial charge >= 0.3 is 0 Å². The molecule has 0 aliphatic heterocycles. The van der Waals surface area contributed by atoms with E-state index in [0.717, 1.165) is 23.4 Å². The van der Waals surface area contributed by atoms with E-state index in [1.807, 2.05) is 43.3 Å². The Kier molecular flexibility index (Phi) is 5.46. The molecule has 0 amide bonds. The van der Waals surface area contributed by atoms with Gasteiger partial charge in [0.1, 0.15) is 5.75 Å². The minimum absolute atomic E-state index is 0.210.